The van der Waals surface area contributed by atoms with E-state index in [1.807, 2.05) is 13.8 Å². The third-order valence-electron chi connectivity index (χ3n) is 3.85. The van der Waals surface area contributed by atoms with Crippen molar-refractivity contribution in [2.45, 2.75) is 58.5 Å². The summed E-state index contributed by atoms with van der Waals surface area (Å²) in [5, 5.41) is 3.65. The topological polar surface area (TPSA) is 15.3 Å². The number of rotatable bonds is 3. The zero-order chi connectivity index (χ0) is 14.3. The largest absolute Gasteiger partial charge is 0.382 e. The number of nitrogens with zero attached hydrogens (tertiary/aromatic N) is 1. The summed E-state index contributed by atoms with van der Waals surface area (Å²) in [6.45, 7) is 6.13. The Kier molecular flexibility index (Phi) is 6.93. The minimum absolute atomic E-state index is 0.661. The lowest BCUT2D eigenvalue weighted by atomic mass is 9.90. The molecular weight excluding hydrogens is 232 g/mol. The second kappa shape index (κ2) is 8.21. The van der Waals surface area contributed by atoms with E-state index in [1.54, 1.807) is 0 Å². The van der Waals surface area contributed by atoms with E-state index in [4.69, 9.17) is 0 Å². The SMILES string of the molecule is CC.Cc1ccc(NC2CCC(N(C)C)CC2)cc1. The predicted octanol–water partition coefficient (Wildman–Crippen LogP) is 4.31. The Balaban J connectivity index is 0.000000861. The van der Waals surface area contributed by atoms with Crippen LogP contribution >= 0.6 is 0 Å². The Morgan fingerprint density at radius 1 is 0.947 bits per heavy atom. The Morgan fingerprint density at radius 3 is 1.95 bits per heavy atom. The molecule has 0 unspecified atom stereocenters. The van der Waals surface area contributed by atoms with Crippen LogP contribution in [-0.4, -0.2) is 31.1 Å². The van der Waals surface area contributed by atoms with E-state index in [2.05, 4.69) is 55.5 Å². The van der Waals surface area contributed by atoms with Gasteiger partial charge in [-0.25, -0.2) is 0 Å². The lowest BCUT2D eigenvalue weighted by molar-refractivity contribution is 0.221. The molecule has 1 aliphatic rings. The van der Waals surface area contributed by atoms with Crippen molar-refractivity contribution >= 4 is 5.69 Å². The zero-order valence-electron chi connectivity index (χ0n) is 13.2. The van der Waals surface area contributed by atoms with Gasteiger partial charge in [-0.1, -0.05) is 31.5 Å². The van der Waals surface area contributed by atoms with Crippen LogP contribution < -0.4 is 5.32 Å². The molecule has 1 fully saturated rings. The molecule has 2 heteroatoms. The minimum Gasteiger partial charge on any atom is -0.382 e. The standard InChI is InChI=1S/C15H24N2.C2H6/c1-12-4-6-13(7-5-12)16-14-8-10-15(11-9-14)17(2)3;1-2/h4-7,14-16H,8-11H2,1-3H3;1-2H3. The van der Waals surface area contributed by atoms with E-state index in [-0.39, 0.29) is 0 Å². The van der Waals surface area contributed by atoms with Crippen LogP contribution in [0.3, 0.4) is 0 Å². The molecule has 0 heterocycles. The van der Waals surface area contributed by atoms with Crippen molar-refractivity contribution in [3.63, 3.8) is 0 Å². The molecular formula is C17H30N2. The van der Waals surface area contributed by atoms with E-state index in [0.29, 0.717) is 6.04 Å². The first kappa shape index (κ1) is 16.0. The van der Waals surface area contributed by atoms with Crippen molar-refractivity contribution in [3.05, 3.63) is 29.8 Å². The van der Waals surface area contributed by atoms with E-state index < -0.39 is 0 Å². The maximum absolute atomic E-state index is 3.65. The van der Waals surface area contributed by atoms with Gasteiger partial charge >= 0.3 is 0 Å². The van der Waals surface area contributed by atoms with Gasteiger partial charge in [0.2, 0.25) is 0 Å². The fourth-order valence-electron chi connectivity index (χ4n) is 2.62. The summed E-state index contributed by atoms with van der Waals surface area (Å²) in [6.07, 6.45) is 5.21. The molecule has 19 heavy (non-hydrogen) atoms. The molecule has 0 amide bonds. The highest BCUT2D eigenvalue weighted by Gasteiger charge is 2.21. The molecule has 1 N–H and O–H groups in total. The van der Waals surface area contributed by atoms with Crippen LogP contribution in [0.5, 0.6) is 0 Å². The normalized spacial score (nSPS) is 22.6. The molecule has 0 aliphatic heterocycles. The molecule has 0 atom stereocenters. The summed E-state index contributed by atoms with van der Waals surface area (Å²) in [4.78, 5) is 2.36. The quantitative estimate of drug-likeness (QED) is 0.873. The van der Waals surface area contributed by atoms with Crippen molar-refractivity contribution < 1.29 is 0 Å². The van der Waals surface area contributed by atoms with Crippen LogP contribution in [0.2, 0.25) is 0 Å². The van der Waals surface area contributed by atoms with Crippen LogP contribution in [0, 0.1) is 6.92 Å². The first-order chi connectivity index (χ1) is 9.15. The Morgan fingerprint density at radius 2 is 1.47 bits per heavy atom. The second-order valence-electron chi connectivity index (χ2n) is 5.48. The van der Waals surface area contributed by atoms with Gasteiger partial charge in [-0.3, -0.25) is 0 Å². The van der Waals surface area contributed by atoms with Gasteiger partial charge < -0.3 is 10.2 Å². The zero-order valence-corrected chi connectivity index (χ0v) is 13.2. The van der Waals surface area contributed by atoms with Crippen LogP contribution in [0.1, 0.15) is 45.1 Å². The second-order valence-corrected chi connectivity index (χ2v) is 5.48. The highest BCUT2D eigenvalue weighted by Crippen LogP contribution is 2.24. The molecule has 1 aliphatic carbocycles. The Labute approximate surface area is 119 Å². The van der Waals surface area contributed by atoms with Gasteiger partial charge in [0.15, 0.2) is 0 Å². The van der Waals surface area contributed by atoms with Crippen LogP contribution in [-0.2, 0) is 0 Å². The number of anilines is 1. The fraction of sp³-hybridized carbons (Fsp3) is 0.647. The molecule has 108 valence electrons. The van der Waals surface area contributed by atoms with Gasteiger partial charge in [-0.15, -0.1) is 0 Å². The fourth-order valence-corrected chi connectivity index (χ4v) is 2.62. The number of aryl methyl sites for hydroxylation is 1. The van der Waals surface area contributed by atoms with E-state index in [9.17, 15) is 0 Å². The van der Waals surface area contributed by atoms with Crippen molar-refractivity contribution in [1.82, 2.24) is 4.90 Å². The third-order valence-corrected chi connectivity index (χ3v) is 3.85. The Bertz CT molecular complexity index is 335. The van der Waals surface area contributed by atoms with Gasteiger partial charge in [0.1, 0.15) is 0 Å². The highest BCUT2D eigenvalue weighted by molar-refractivity contribution is 5.45. The molecule has 0 bridgehead atoms. The minimum atomic E-state index is 0.661. The monoisotopic (exact) mass is 262 g/mol. The van der Waals surface area contributed by atoms with Crippen molar-refractivity contribution in [3.8, 4) is 0 Å². The lowest BCUT2D eigenvalue weighted by Crippen LogP contribution is -2.36. The molecule has 1 saturated carbocycles. The molecule has 2 rings (SSSR count). The average molecular weight is 262 g/mol. The van der Waals surface area contributed by atoms with E-state index >= 15 is 0 Å². The Hall–Kier alpha value is -1.02. The third kappa shape index (κ3) is 5.23. The number of hydrogen-bond acceptors (Lipinski definition) is 2. The van der Waals surface area contributed by atoms with E-state index in [0.717, 1.165) is 6.04 Å². The highest BCUT2D eigenvalue weighted by atomic mass is 15.1. The maximum Gasteiger partial charge on any atom is 0.0342 e. The summed E-state index contributed by atoms with van der Waals surface area (Å²) in [6, 6.07) is 10.2. The first-order valence-corrected chi connectivity index (χ1v) is 7.65. The first-order valence-electron chi connectivity index (χ1n) is 7.65. The molecule has 0 saturated heterocycles. The van der Waals surface area contributed by atoms with Crippen molar-refractivity contribution in [2.75, 3.05) is 19.4 Å². The van der Waals surface area contributed by atoms with Crippen molar-refractivity contribution in [1.29, 1.82) is 0 Å². The summed E-state index contributed by atoms with van der Waals surface area (Å²) in [5.74, 6) is 0. The maximum atomic E-state index is 3.65. The van der Waals surface area contributed by atoms with Gasteiger partial charge in [-0.2, -0.15) is 0 Å². The van der Waals surface area contributed by atoms with Crippen molar-refractivity contribution in [2.24, 2.45) is 0 Å². The summed E-state index contributed by atoms with van der Waals surface area (Å²) in [5.41, 5.74) is 2.59. The molecule has 0 aromatic heterocycles. The molecule has 1 aromatic rings. The lowest BCUT2D eigenvalue weighted by Gasteiger charge is -2.33. The summed E-state index contributed by atoms with van der Waals surface area (Å²) < 4.78 is 0. The molecule has 0 spiro atoms. The number of benzene rings is 1. The van der Waals surface area contributed by atoms with Gasteiger partial charge in [0.25, 0.3) is 0 Å². The predicted molar refractivity (Wildman–Crippen MR) is 85.9 cm³/mol. The van der Waals surface area contributed by atoms with Crippen LogP contribution in [0.4, 0.5) is 5.69 Å². The number of hydrogen-bond donors (Lipinski definition) is 1. The van der Waals surface area contributed by atoms with Gasteiger partial charge in [0, 0.05) is 17.8 Å². The summed E-state index contributed by atoms with van der Waals surface area (Å²) >= 11 is 0. The van der Waals surface area contributed by atoms with Crippen LogP contribution in [0.15, 0.2) is 24.3 Å². The summed E-state index contributed by atoms with van der Waals surface area (Å²) in [7, 11) is 4.39. The molecule has 0 radical (unpaired) electrons. The van der Waals surface area contributed by atoms with Gasteiger partial charge in [0.05, 0.1) is 0 Å². The van der Waals surface area contributed by atoms with Crippen LogP contribution in [0.25, 0.3) is 0 Å². The number of nitrogens with one attached hydrogen (secondary N) is 1. The van der Waals surface area contributed by atoms with E-state index in [1.165, 1.54) is 36.9 Å². The molecule has 1 aromatic carbocycles. The van der Waals surface area contributed by atoms with Gasteiger partial charge in [-0.05, 0) is 58.8 Å². The molecule has 2 nitrogen and oxygen atoms in total. The average Bonchev–Trinajstić information content (AvgIpc) is 2.44. The smallest absolute Gasteiger partial charge is 0.0342 e.